The number of benzene rings is 2. The third-order valence-corrected chi connectivity index (χ3v) is 3.88. The number of methoxy groups -OCH3 is 1. The molecule has 0 spiro atoms. The van der Waals surface area contributed by atoms with Crippen LogP contribution in [0.3, 0.4) is 0 Å². The number of esters is 1. The number of nitrogens with one attached hydrogen (secondary N) is 1. The molecule has 0 aliphatic heterocycles. The Bertz CT molecular complexity index is 969. The molecule has 0 aliphatic carbocycles. The van der Waals surface area contributed by atoms with Crippen molar-refractivity contribution in [1.29, 1.82) is 0 Å². The van der Waals surface area contributed by atoms with Gasteiger partial charge in [0.25, 0.3) is 0 Å². The quantitative estimate of drug-likeness (QED) is 0.264. The van der Waals surface area contributed by atoms with Crippen molar-refractivity contribution in [3.63, 3.8) is 0 Å². The number of rotatable bonds is 5. The molecule has 0 heterocycles. The van der Waals surface area contributed by atoms with Gasteiger partial charge in [0, 0.05) is 16.1 Å². The van der Waals surface area contributed by atoms with Crippen molar-refractivity contribution in [2.45, 2.75) is 0 Å². The van der Waals surface area contributed by atoms with Gasteiger partial charge >= 0.3 is 22.0 Å². The van der Waals surface area contributed by atoms with Gasteiger partial charge in [-0.2, -0.15) is 13.5 Å². The van der Waals surface area contributed by atoms with E-state index in [-0.39, 0.29) is 5.75 Å². The van der Waals surface area contributed by atoms with E-state index in [1.54, 1.807) is 36.4 Å². The highest BCUT2D eigenvalue weighted by atomic mass is 35.5. The first-order chi connectivity index (χ1) is 12.7. The number of carbonyl (C=O) groups is 2. The molecular weight excluding hydrogens is 396 g/mol. The molecule has 1 amide bonds. The average Bonchev–Trinajstić information content (AvgIpc) is 2.62. The fraction of sp³-hybridized carbons (Fsp3) is 0.118. The molecule has 2 rings (SSSR count). The van der Waals surface area contributed by atoms with Gasteiger partial charge < -0.3 is 8.92 Å². The summed E-state index contributed by atoms with van der Waals surface area (Å²) in [4.78, 5) is 22.8. The van der Waals surface area contributed by atoms with Crippen LogP contribution in [0.2, 0.25) is 5.02 Å². The molecule has 8 nitrogen and oxygen atoms in total. The van der Waals surface area contributed by atoms with Gasteiger partial charge in [-0.25, -0.2) is 10.2 Å². The number of nitrogens with zero attached hydrogens (tertiary/aromatic N) is 1. The molecule has 2 aromatic rings. The third kappa shape index (κ3) is 6.08. The summed E-state index contributed by atoms with van der Waals surface area (Å²) in [5, 5.41) is 4.49. The highest BCUT2D eigenvalue weighted by Crippen LogP contribution is 2.18. The molecule has 1 N–H and O–H groups in total. The lowest BCUT2D eigenvalue weighted by Gasteiger charge is -2.09. The SMILES string of the molecule is COC(=O)C(=O)N/N=C(/c1ccc(Cl)cc1)c1ccc(OS(C)(=O)=O)cc1. The van der Waals surface area contributed by atoms with Crippen molar-refractivity contribution in [2.24, 2.45) is 5.10 Å². The van der Waals surface area contributed by atoms with E-state index in [1.807, 2.05) is 0 Å². The lowest BCUT2D eigenvalue weighted by atomic mass is 10.0. The van der Waals surface area contributed by atoms with Crippen LogP contribution in [0.4, 0.5) is 0 Å². The van der Waals surface area contributed by atoms with E-state index in [0.717, 1.165) is 13.4 Å². The minimum atomic E-state index is -3.65. The molecule has 0 bridgehead atoms. The summed E-state index contributed by atoms with van der Waals surface area (Å²) in [7, 11) is -2.58. The van der Waals surface area contributed by atoms with Gasteiger partial charge in [-0.15, -0.1) is 0 Å². The first kappa shape index (κ1) is 20.4. The molecule has 0 radical (unpaired) electrons. The van der Waals surface area contributed by atoms with Crippen molar-refractivity contribution in [1.82, 2.24) is 5.43 Å². The predicted octanol–water partition coefficient (Wildman–Crippen LogP) is 1.72. The molecule has 0 aliphatic rings. The van der Waals surface area contributed by atoms with Crippen LogP contribution in [0.1, 0.15) is 11.1 Å². The highest BCUT2D eigenvalue weighted by Gasteiger charge is 2.15. The van der Waals surface area contributed by atoms with Gasteiger partial charge in [-0.05, 0) is 36.4 Å². The third-order valence-electron chi connectivity index (χ3n) is 3.13. The average molecular weight is 411 g/mol. The summed E-state index contributed by atoms with van der Waals surface area (Å²) in [5.41, 5.74) is 3.56. The van der Waals surface area contributed by atoms with Crippen LogP contribution in [0, 0.1) is 0 Å². The Morgan fingerprint density at radius 3 is 2.00 bits per heavy atom. The zero-order valence-electron chi connectivity index (χ0n) is 14.3. The lowest BCUT2D eigenvalue weighted by Crippen LogP contribution is -2.29. The number of hydrogen-bond donors (Lipinski definition) is 1. The van der Waals surface area contributed by atoms with Crippen LogP contribution in [0.25, 0.3) is 0 Å². The molecule has 0 saturated carbocycles. The smallest absolute Gasteiger partial charge is 0.398 e. The minimum Gasteiger partial charge on any atom is -0.462 e. The second-order valence-corrected chi connectivity index (χ2v) is 7.22. The standard InChI is InChI=1S/C17H15ClN2O6S/c1-25-17(22)16(21)20-19-15(11-3-7-13(18)8-4-11)12-5-9-14(10-6-12)26-27(2,23)24/h3-10H,1-2H3,(H,20,21)/b19-15-. The van der Waals surface area contributed by atoms with Crippen LogP contribution in [-0.4, -0.2) is 39.4 Å². The normalized spacial score (nSPS) is 11.6. The van der Waals surface area contributed by atoms with E-state index < -0.39 is 22.0 Å². The molecule has 0 aromatic heterocycles. The van der Waals surface area contributed by atoms with Crippen molar-refractivity contribution in [2.75, 3.05) is 13.4 Å². The maximum Gasteiger partial charge on any atom is 0.398 e. The van der Waals surface area contributed by atoms with Crippen molar-refractivity contribution < 1.29 is 26.9 Å². The largest absolute Gasteiger partial charge is 0.462 e. The fourth-order valence-electron chi connectivity index (χ4n) is 1.99. The Morgan fingerprint density at radius 1 is 1.00 bits per heavy atom. The Morgan fingerprint density at radius 2 is 1.52 bits per heavy atom. The summed E-state index contributed by atoms with van der Waals surface area (Å²) in [6, 6.07) is 12.6. The number of hydrazone groups is 1. The molecule has 0 atom stereocenters. The number of ether oxygens (including phenoxy) is 1. The minimum absolute atomic E-state index is 0.121. The first-order valence-corrected chi connectivity index (χ1v) is 9.61. The van der Waals surface area contributed by atoms with Gasteiger partial charge in [-0.1, -0.05) is 23.7 Å². The van der Waals surface area contributed by atoms with Gasteiger partial charge in [0.2, 0.25) is 0 Å². The van der Waals surface area contributed by atoms with Crippen molar-refractivity contribution in [3.8, 4) is 5.75 Å². The first-order valence-electron chi connectivity index (χ1n) is 7.41. The maximum atomic E-state index is 11.6. The van der Waals surface area contributed by atoms with Gasteiger partial charge in [0.15, 0.2) is 0 Å². The maximum absolute atomic E-state index is 11.6. The molecule has 27 heavy (non-hydrogen) atoms. The zero-order chi connectivity index (χ0) is 20.0. The summed E-state index contributed by atoms with van der Waals surface area (Å²) in [6.45, 7) is 0. The molecule has 2 aromatic carbocycles. The van der Waals surface area contributed by atoms with E-state index in [1.165, 1.54) is 12.1 Å². The number of carbonyl (C=O) groups excluding carboxylic acids is 2. The van der Waals surface area contributed by atoms with Crippen LogP contribution >= 0.6 is 11.6 Å². The zero-order valence-corrected chi connectivity index (χ0v) is 15.9. The van der Waals surface area contributed by atoms with E-state index in [0.29, 0.717) is 21.9 Å². The molecule has 0 unspecified atom stereocenters. The van der Waals surface area contributed by atoms with Gasteiger partial charge in [0.05, 0.1) is 19.1 Å². The van der Waals surface area contributed by atoms with E-state index in [4.69, 9.17) is 15.8 Å². The van der Waals surface area contributed by atoms with E-state index >= 15 is 0 Å². The predicted molar refractivity (Wildman–Crippen MR) is 99.2 cm³/mol. The summed E-state index contributed by atoms with van der Waals surface area (Å²) in [6.07, 6.45) is 0.934. The van der Waals surface area contributed by atoms with Crippen LogP contribution < -0.4 is 9.61 Å². The highest BCUT2D eigenvalue weighted by molar-refractivity contribution is 7.86. The molecule has 0 saturated heterocycles. The molecule has 10 heteroatoms. The van der Waals surface area contributed by atoms with Crippen molar-refractivity contribution in [3.05, 3.63) is 64.7 Å². The Hall–Kier alpha value is -2.91. The lowest BCUT2D eigenvalue weighted by molar-refractivity contribution is -0.152. The van der Waals surface area contributed by atoms with E-state index in [9.17, 15) is 18.0 Å². The van der Waals surface area contributed by atoms with Crippen LogP contribution in [0.5, 0.6) is 5.75 Å². The summed E-state index contributed by atoms with van der Waals surface area (Å²) in [5.74, 6) is -2.01. The van der Waals surface area contributed by atoms with Crippen LogP contribution in [-0.2, 0) is 24.4 Å². The summed E-state index contributed by atoms with van der Waals surface area (Å²) < 4.78 is 31.5. The van der Waals surface area contributed by atoms with Gasteiger partial charge in [-0.3, -0.25) is 4.79 Å². The molecular formula is C17H15ClN2O6S. The second-order valence-electron chi connectivity index (χ2n) is 5.21. The van der Waals surface area contributed by atoms with Crippen molar-refractivity contribution >= 4 is 39.3 Å². The fourth-order valence-corrected chi connectivity index (χ4v) is 2.58. The number of halogens is 1. The van der Waals surface area contributed by atoms with Crippen LogP contribution in [0.15, 0.2) is 53.6 Å². The Labute approximate surface area is 160 Å². The van der Waals surface area contributed by atoms with Gasteiger partial charge in [0.1, 0.15) is 5.75 Å². The summed E-state index contributed by atoms with van der Waals surface area (Å²) >= 11 is 5.89. The topological polar surface area (TPSA) is 111 Å². The second kappa shape index (κ2) is 8.65. The number of amides is 1. The molecule has 0 fully saturated rings. The van der Waals surface area contributed by atoms with E-state index in [2.05, 4.69) is 15.3 Å². The monoisotopic (exact) mass is 410 g/mol. The molecule has 142 valence electrons. The Kier molecular flexibility index (Phi) is 6.54. The Balaban J connectivity index is 2.38. The number of hydrogen-bond acceptors (Lipinski definition) is 7.